The highest BCUT2D eigenvalue weighted by Crippen LogP contribution is 2.38. The van der Waals surface area contributed by atoms with Crippen LogP contribution in [-0.4, -0.2) is 40.6 Å². The lowest BCUT2D eigenvalue weighted by molar-refractivity contribution is -0.137. The largest absolute Gasteiger partial charge is 0.487 e. The summed E-state index contributed by atoms with van der Waals surface area (Å²) in [7, 11) is 0. The Labute approximate surface area is 198 Å². The molecule has 6 heteroatoms. The maximum atomic E-state index is 13.2. The number of fused-ring (bicyclic) bond motifs is 1. The topological polar surface area (TPSA) is 66.8 Å². The van der Waals surface area contributed by atoms with Gasteiger partial charge in [-0.2, -0.15) is 0 Å². The molecule has 0 aromatic heterocycles. The van der Waals surface area contributed by atoms with Gasteiger partial charge in [-0.1, -0.05) is 60.1 Å². The number of hydrogen-bond acceptors (Lipinski definition) is 3. The Hall–Kier alpha value is -3.31. The molecule has 0 bridgehead atoms. The minimum Gasteiger partial charge on any atom is -0.487 e. The Morgan fingerprint density at radius 2 is 1.79 bits per heavy atom. The molecule has 0 fully saturated rings. The van der Waals surface area contributed by atoms with Gasteiger partial charge in [-0.05, 0) is 54.3 Å². The van der Waals surface area contributed by atoms with Crippen molar-refractivity contribution in [3.05, 3.63) is 100 Å². The number of rotatable bonds is 8. The molecule has 0 unspecified atom stereocenters. The van der Waals surface area contributed by atoms with Gasteiger partial charge in [-0.25, -0.2) is 0 Å². The molecular weight excluding hydrogens is 438 g/mol. The van der Waals surface area contributed by atoms with Gasteiger partial charge in [0.05, 0.1) is 0 Å². The predicted octanol–water partition coefficient (Wildman–Crippen LogP) is 5.05. The van der Waals surface area contributed by atoms with E-state index in [0.29, 0.717) is 36.4 Å². The van der Waals surface area contributed by atoms with E-state index >= 15 is 0 Å². The van der Waals surface area contributed by atoms with E-state index in [2.05, 4.69) is 0 Å². The zero-order chi connectivity index (χ0) is 23.4. The summed E-state index contributed by atoms with van der Waals surface area (Å²) in [6, 6.07) is 22.8. The fourth-order valence-corrected chi connectivity index (χ4v) is 4.51. The van der Waals surface area contributed by atoms with Crippen molar-refractivity contribution in [2.24, 2.45) is 0 Å². The summed E-state index contributed by atoms with van der Waals surface area (Å²) >= 11 is 6.34. The number of nitrogens with zero attached hydrogens (tertiary/aromatic N) is 1. The Balaban J connectivity index is 1.49. The van der Waals surface area contributed by atoms with Crippen molar-refractivity contribution < 1.29 is 19.4 Å². The molecule has 1 atom stereocenters. The second kappa shape index (κ2) is 9.67. The van der Waals surface area contributed by atoms with Crippen LogP contribution in [0.15, 0.2) is 72.8 Å². The van der Waals surface area contributed by atoms with Crippen LogP contribution in [0.3, 0.4) is 0 Å². The summed E-state index contributed by atoms with van der Waals surface area (Å²) in [5, 5.41) is 10.0. The molecule has 0 radical (unpaired) electrons. The highest BCUT2D eigenvalue weighted by molar-refractivity contribution is 6.31. The third-order valence-electron chi connectivity index (χ3n) is 5.88. The summed E-state index contributed by atoms with van der Waals surface area (Å²) in [5.41, 5.74) is 3.00. The van der Waals surface area contributed by atoms with Gasteiger partial charge in [-0.3, -0.25) is 9.59 Å². The van der Waals surface area contributed by atoms with Gasteiger partial charge in [0.2, 0.25) is 0 Å². The second-order valence-corrected chi connectivity index (χ2v) is 9.08. The quantitative estimate of drug-likeness (QED) is 0.508. The fraction of sp³-hybridized carbons (Fsp3) is 0.259. The molecule has 0 saturated heterocycles. The van der Waals surface area contributed by atoms with Gasteiger partial charge < -0.3 is 14.7 Å². The first kappa shape index (κ1) is 22.9. The second-order valence-electron chi connectivity index (χ2n) is 8.68. The molecule has 1 N–H and O–H groups in total. The van der Waals surface area contributed by atoms with Crippen LogP contribution in [0.5, 0.6) is 5.75 Å². The molecule has 4 rings (SSSR count). The van der Waals surface area contributed by atoms with Crippen molar-refractivity contribution in [1.82, 2.24) is 4.90 Å². The molecular formula is C27H26ClNO4. The SMILES string of the molecule is C[C@@]1(Cc2ccccc2Cl)Cc2cc(C(=O)N(CCc3ccccc3)CC(=O)O)ccc2O1. The number of carboxylic acids is 1. The first-order valence-corrected chi connectivity index (χ1v) is 11.3. The number of carbonyl (C=O) groups is 2. The van der Waals surface area contributed by atoms with Crippen molar-refractivity contribution in [1.29, 1.82) is 0 Å². The van der Waals surface area contributed by atoms with Crippen molar-refractivity contribution >= 4 is 23.5 Å². The molecule has 1 heterocycles. The van der Waals surface area contributed by atoms with E-state index in [1.54, 1.807) is 12.1 Å². The molecule has 1 aliphatic rings. The van der Waals surface area contributed by atoms with Crippen LogP contribution in [0.2, 0.25) is 5.02 Å². The lowest BCUT2D eigenvalue weighted by Gasteiger charge is -2.24. The van der Waals surface area contributed by atoms with E-state index in [4.69, 9.17) is 16.3 Å². The number of hydrogen-bond donors (Lipinski definition) is 1. The van der Waals surface area contributed by atoms with E-state index in [1.807, 2.05) is 67.6 Å². The summed E-state index contributed by atoms with van der Waals surface area (Å²) in [5.74, 6) is -0.584. The maximum absolute atomic E-state index is 13.2. The lowest BCUT2D eigenvalue weighted by atomic mass is 9.91. The van der Waals surface area contributed by atoms with Crippen LogP contribution >= 0.6 is 11.6 Å². The molecule has 5 nitrogen and oxygen atoms in total. The van der Waals surface area contributed by atoms with Crippen molar-refractivity contribution in [3.8, 4) is 5.75 Å². The van der Waals surface area contributed by atoms with E-state index in [0.717, 1.165) is 22.4 Å². The first-order valence-electron chi connectivity index (χ1n) is 10.9. The molecule has 0 saturated carbocycles. The smallest absolute Gasteiger partial charge is 0.323 e. The third-order valence-corrected chi connectivity index (χ3v) is 6.25. The van der Waals surface area contributed by atoms with Gasteiger partial charge in [0.25, 0.3) is 5.91 Å². The number of benzene rings is 3. The van der Waals surface area contributed by atoms with Crippen LogP contribution < -0.4 is 4.74 Å². The maximum Gasteiger partial charge on any atom is 0.323 e. The van der Waals surface area contributed by atoms with Crippen LogP contribution in [0.4, 0.5) is 0 Å². The molecule has 1 amide bonds. The minimum absolute atomic E-state index is 0.296. The summed E-state index contributed by atoms with van der Waals surface area (Å²) in [6.07, 6.45) is 1.87. The van der Waals surface area contributed by atoms with E-state index in [9.17, 15) is 14.7 Å². The zero-order valence-corrected chi connectivity index (χ0v) is 19.2. The van der Waals surface area contributed by atoms with Crippen LogP contribution in [0.25, 0.3) is 0 Å². The van der Waals surface area contributed by atoms with Gasteiger partial charge in [0.1, 0.15) is 17.9 Å². The average molecular weight is 464 g/mol. The molecule has 0 spiro atoms. The van der Waals surface area contributed by atoms with Gasteiger partial charge >= 0.3 is 5.97 Å². The lowest BCUT2D eigenvalue weighted by Crippen LogP contribution is -2.37. The molecule has 3 aromatic rings. The van der Waals surface area contributed by atoms with Crippen molar-refractivity contribution in [2.45, 2.75) is 31.8 Å². The predicted molar refractivity (Wildman–Crippen MR) is 128 cm³/mol. The van der Waals surface area contributed by atoms with Crippen molar-refractivity contribution in [3.63, 3.8) is 0 Å². The number of carbonyl (C=O) groups excluding carboxylic acids is 1. The summed E-state index contributed by atoms with van der Waals surface area (Å²) < 4.78 is 6.24. The normalized spacial score (nSPS) is 16.7. The van der Waals surface area contributed by atoms with Crippen LogP contribution in [0.1, 0.15) is 34.0 Å². The molecule has 1 aliphatic heterocycles. The van der Waals surface area contributed by atoms with Crippen molar-refractivity contribution in [2.75, 3.05) is 13.1 Å². The van der Waals surface area contributed by atoms with E-state index in [1.165, 1.54) is 4.90 Å². The Bertz CT molecular complexity index is 1160. The van der Waals surface area contributed by atoms with Gasteiger partial charge in [0.15, 0.2) is 0 Å². The minimum atomic E-state index is -1.03. The molecule has 170 valence electrons. The highest BCUT2D eigenvalue weighted by atomic mass is 35.5. The number of amides is 1. The Morgan fingerprint density at radius 3 is 2.52 bits per heavy atom. The third kappa shape index (κ3) is 5.55. The molecule has 33 heavy (non-hydrogen) atoms. The van der Waals surface area contributed by atoms with E-state index in [-0.39, 0.29) is 12.5 Å². The average Bonchev–Trinajstić information content (AvgIpc) is 3.13. The van der Waals surface area contributed by atoms with Gasteiger partial charge in [-0.15, -0.1) is 0 Å². The van der Waals surface area contributed by atoms with Crippen LogP contribution in [-0.2, 0) is 24.1 Å². The number of carboxylic acid groups (broad SMARTS) is 1. The van der Waals surface area contributed by atoms with Crippen LogP contribution in [0, 0.1) is 0 Å². The fourth-order valence-electron chi connectivity index (χ4n) is 4.30. The van der Waals surface area contributed by atoms with Gasteiger partial charge in [0, 0.05) is 30.0 Å². The number of ether oxygens (including phenoxy) is 1. The highest BCUT2D eigenvalue weighted by Gasteiger charge is 2.36. The Kier molecular flexibility index (Phi) is 6.70. The summed E-state index contributed by atoms with van der Waals surface area (Å²) in [4.78, 5) is 26.0. The number of halogens is 1. The first-order chi connectivity index (χ1) is 15.8. The monoisotopic (exact) mass is 463 g/mol. The summed E-state index contributed by atoms with van der Waals surface area (Å²) in [6.45, 7) is 2.02. The Morgan fingerprint density at radius 1 is 1.06 bits per heavy atom. The van der Waals surface area contributed by atoms with E-state index < -0.39 is 11.6 Å². The molecule has 0 aliphatic carbocycles. The standard InChI is InChI=1S/C27H26ClNO4/c1-27(16-21-9-5-6-10-23(21)28)17-22-15-20(11-12-24(22)33-27)26(32)29(18-25(30)31)14-13-19-7-3-2-4-8-19/h2-12,15H,13-14,16-18H2,1H3,(H,30,31)/t27-/m1/s1. The zero-order valence-electron chi connectivity index (χ0n) is 18.5. The number of aliphatic carboxylic acids is 1. The molecule has 3 aromatic carbocycles.